The molecular weight excluding hydrogens is 441 g/mol. The number of hydrogen-bond donors (Lipinski definition) is 1. The van der Waals surface area contributed by atoms with Crippen molar-refractivity contribution in [3.8, 4) is 23.3 Å². The van der Waals surface area contributed by atoms with Gasteiger partial charge in [0.15, 0.2) is 11.5 Å². The minimum atomic E-state index is -4.95. The Hall–Kier alpha value is -3.46. The molecule has 0 radical (unpaired) electrons. The highest BCUT2D eigenvalue weighted by molar-refractivity contribution is 7.90. The number of nitrogens with one attached hydrogen (secondary N) is 1. The Balaban J connectivity index is 2.31. The summed E-state index contributed by atoms with van der Waals surface area (Å²) < 4.78 is 81.3. The molecule has 2 rings (SSSR count). The van der Waals surface area contributed by atoms with E-state index in [1.807, 2.05) is 0 Å². The molecule has 12 heteroatoms. The predicted octanol–water partition coefficient (Wildman–Crippen LogP) is 2.65. The van der Waals surface area contributed by atoms with Crippen molar-refractivity contribution >= 4 is 15.9 Å². The maximum atomic E-state index is 13.1. The SMILES string of the molecule is COc1cc(CC(=O)NS(=O)(=O)c2ccc(C#N)c(C(F)(F)F)c2)cc(OC)c1OC. The molecular formula is C19H17F3N2O6S. The zero-order chi connectivity index (χ0) is 23.4. The van der Waals surface area contributed by atoms with Crippen LogP contribution in [0, 0.1) is 11.3 Å². The Morgan fingerprint density at radius 1 is 1.06 bits per heavy atom. The van der Waals surface area contributed by atoms with Gasteiger partial charge in [-0.15, -0.1) is 0 Å². The van der Waals surface area contributed by atoms with Crippen LogP contribution >= 0.6 is 0 Å². The van der Waals surface area contributed by atoms with Crippen LogP contribution in [0.5, 0.6) is 17.2 Å². The third kappa shape index (κ3) is 5.37. The van der Waals surface area contributed by atoms with Crippen LogP contribution in [0.3, 0.4) is 0 Å². The van der Waals surface area contributed by atoms with Crippen molar-refractivity contribution in [2.45, 2.75) is 17.5 Å². The number of benzene rings is 2. The van der Waals surface area contributed by atoms with Gasteiger partial charge in [-0.05, 0) is 35.9 Å². The van der Waals surface area contributed by atoms with Gasteiger partial charge < -0.3 is 14.2 Å². The standard InChI is InChI=1S/C19H17F3N2O6S/c1-28-15-6-11(7-16(29-2)18(15)30-3)8-17(25)24-31(26,27)13-5-4-12(10-23)14(9-13)19(20,21)22/h4-7,9H,8H2,1-3H3,(H,24,25). The Bertz CT molecular complexity index is 1120. The van der Waals surface area contributed by atoms with E-state index in [1.54, 1.807) is 4.72 Å². The Labute approximate surface area is 176 Å². The van der Waals surface area contributed by atoms with E-state index < -0.39 is 44.5 Å². The first-order valence-corrected chi connectivity index (χ1v) is 9.91. The summed E-state index contributed by atoms with van der Waals surface area (Å²) >= 11 is 0. The van der Waals surface area contributed by atoms with E-state index in [4.69, 9.17) is 19.5 Å². The fourth-order valence-corrected chi connectivity index (χ4v) is 3.70. The number of alkyl halides is 3. The first-order valence-electron chi connectivity index (χ1n) is 8.42. The lowest BCUT2D eigenvalue weighted by Crippen LogP contribution is -2.32. The van der Waals surface area contributed by atoms with Gasteiger partial charge in [-0.25, -0.2) is 13.1 Å². The predicted molar refractivity (Wildman–Crippen MR) is 101 cm³/mol. The molecule has 0 fully saturated rings. The van der Waals surface area contributed by atoms with Crippen LogP contribution in [0.4, 0.5) is 13.2 Å². The molecule has 0 saturated carbocycles. The smallest absolute Gasteiger partial charge is 0.417 e. The zero-order valence-electron chi connectivity index (χ0n) is 16.5. The molecule has 8 nitrogen and oxygen atoms in total. The Morgan fingerprint density at radius 2 is 1.65 bits per heavy atom. The van der Waals surface area contributed by atoms with Crippen LogP contribution in [0.25, 0.3) is 0 Å². The van der Waals surface area contributed by atoms with E-state index in [0.717, 1.165) is 12.1 Å². The van der Waals surface area contributed by atoms with E-state index in [1.165, 1.54) is 39.5 Å². The monoisotopic (exact) mass is 458 g/mol. The molecule has 0 aliphatic rings. The minimum Gasteiger partial charge on any atom is -0.493 e. The highest BCUT2D eigenvalue weighted by Gasteiger charge is 2.35. The average molecular weight is 458 g/mol. The summed E-state index contributed by atoms with van der Waals surface area (Å²) in [7, 11) is -0.535. The first kappa shape index (κ1) is 23.8. The lowest BCUT2D eigenvalue weighted by atomic mass is 10.1. The highest BCUT2D eigenvalue weighted by Crippen LogP contribution is 2.38. The molecule has 0 bridgehead atoms. The van der Waals surface area contributed by atoms with Gasteiger partial charge in [-0.3, -0.25) is 4.79 Å². The van der Waals surface area contributed by atoms with Crippen LogP contribution in [0.1, 0.15) is 16.7 Å². The summed E-state index contributed by atoms with van der Waals surface area (Å²) in [5.41, 5.74) is -1.86. The van der Waals surface area contributed by atoms with Gasteiger partial charge in [-0.2, -0.15) is 18.4 Å². The molecule has 0 spiro atoms. The summed E-state index contributed by atoms with van der Waals surface area (Å²) in [6.07, 6.45) is -5.39. The van der Waals surface area contributed by atoms with Crippen LogP contribution in [-0.2, 0) is 27.4 Å². The number of carbonyl (C=O) groups is 1. The van der Waals surface area contributed by atoms with Crippen molar-refractivity contribution in [3.05, 3.63) is 47.0 Å². The lowest BCUT2D eigenvalue weighted by molar-refractivity contribution is -0.137. The molecule has 1 N–H and O–H groups in total. The van der Waals surface area contributed by atoms with Gasteiger partial charge >= 0.3 is 6.18 Å². The van der Waals surface area contributed by atoms with Gasteiger partial charge in [0.2, 0.25) is 11.7 Å². The van der Waals surface area contributed by atoms with Gasteiger partial charge in [0, 0.05) is 0 Å². The number of halogens is 3. The molecule has 2 aromatic carbocycles. The largest absolute Gasteiger partial charge is 0.493 e. The summed E-state index contributed by atoms with van der Waals surface area (Å²) in [6, 6.07) is 6.04. The fraction of sp³-hybridized carbons (Fsp3) is 0.263. The number of sulfonamides is 1. The number of rotatable bonds is 7. The lowest BCUT2D eigenvalue weighted by Gasteiger charge is -2.14. The quantitative estimate of drug-likeness (QED) is 0.678. The van der Waals surface area contributed by atoms with Crippen molar-refractivity contribution in [2.24, 2.45) is 0 Å². The van der Waals surface area contributed by atoms with Crippen molar-refractivity contribution in [1.82, 2.24) is 4.72 Å². The zero-order valence-corrected chi connectivity index (χ0v) is 17.3. The normalized spacial score (nSPS) is 11.4. The molecule has 31 heavy (non-hydrogen) atoms. The average Bonchev–Trinajstić information content (AvgIpc) is 2.71. The molecule has 0 heterocycles. The summed E-state index contributed by atoms with van der Waals surface area (Å²) in [4.78, 5) is 11.5. The second-order valence-electron chi connectivity index (χ2n) is 6.06. The van der Waals surface area contributed by atoms with Crippen molar-refractivity contribution in [2.75, 3.05) is 21.3 Å². The van der Waals surface area contributed by atoms with Gasteiger partial charge in [0.05, 0.1) is 49.8 Å². The number of methoxy groups -OCH3 is 3. The van der Waals surface area contributed by atoms with E-state index in [9.17, 15) is 26.4 Å². The van der Waals surface area contributed by atoms with Gasteiger partial charge in [-0.1, -0.05) is 0 Å². The Morgan fingerprint density at radius 3 is 2.10 bits per heavy atom. The third-order valence-electron chi connectivity index (χ3n) is 4.06. The maximum absolute atomic E-state index is 13.1. The second-order valence-corrected chi connectivity index (χ2v) is 7.74. The number of ether oxygens (including phenoxy) is 3. The molecule has 0 atom stereocenters. The molecule has 1 amide bonds. The molecule has 166 valence electrons. The first-order chi connectivity index (χ1) is 14.5. The molecule has 0 aliphatic heterocycles. The number of amides is 1. The summed E-state index contributed by atoms with van der Waals surface area (Å²) in [5.74, 6) is -0.282. The van der Waals surface area contributed by atoms with E-state index in [0.29, 0.717) is 11.6 Å². The fourth-order valence-electron chi connectivity index (χ4n) is 2.69. The van der Waals surface area contributed by atoms with Crippen LogP contribution in [0.15, 0.2) is 35.2 Å². The Kier molecular flexibility index (Phi) is 7.02. The van der Waals surface area contributed by atoms with E-state index in [2.05, 4.69) is 0 Å². The van der Waals surface area contributed by atoms with Crippen LogP contribution < -0.4 is 18.9 Å². The number of nitriles is 1. The number of nitrogens with zero attached hydrogens (tertiary/aromatic N) is 1. The highest BCUT2D eigenvalue weighted by atomic mass is 32.2. The summed E-state index contributed by atoms with van der Waals surface area (Å²) in [6.45, 7) is 0. The number of hydrogen-bond acceptors (Lipinski definition) is 7. The summed E-state index contributed by atoms with van der Waals surface area (Å²) in [5, 5.41) is 8.81. The molecule has 0 aromatic heterocycles. The third-order valence-corrected chi connectivity index (χ3v) is 5.44. The van der Waals surface area contributed by atoms with Crippen LogP contribution in [0.2, 0.25) is 0 Å². The maximum Gasteiger partial charge on any atom is 0.417 e. The van der Waals surface area contributed by atoms with Crippen LogP contribution in [-0.4, -0.2) is 35.7 Å². The van der Waals surface area contributed by atoms with Gasteiger partial charge in [0.1, 0.15) is 0 Å². The van der Waals surface area contributed by atoms with E-state index >= 15 is 0 Å². The topological polar surface area (TPSA) is 115 Å². The van der Waals surface area contributed by atoms with Crippen molar-refractivity contribution in [3.63, 3.8) is 0 Å². The van der Waals surface area contributed by atoms with Crippen molar-refractivity contribution < 1.29 is 40.6 Å². The molecule has 0 aliphatic carbocycles. The minimum absolute atomic E-state index is 0.231. The molecule has 2 aromatic rings. The second kappa shape index (κ2) is 9.13. The van der Waals surface area contributed by atoms with E-state index in [-0.39, 0.29) is 17.2 Å². The van der Waals surface area contributed by atoms with Gasteiger partial charge in [0.25, 0.3) is 10.0 Å². The van der Waals surface area contributed by atoms with Crippen molar-refractivity contribution in [1.29, 1.82) is 5.26 Å². The number of carbonyl (C=O) groups excluding carboxylic acids is 1. The molecule has 0 unspecified atom stereocenters. The molecule has 0 saturated heterocycles.